The number of benzene rings is 2. The maximum atomic E-state index is 6.11. The highest BCUT2D eigenvalue weighted by molar-refractivity contribution is 8.03. The molecule has 2 aromatic carbocycles. The van der Waals surface area contributed by atoms with Gasteiger partial charge < -0.3 is 5.73 Å². The Morgan fingerprint density at radius 2 is 1.67 bits per heavy atom. The van der Waals surface area contributed by atoms with Crippen molar-refractivity contribution in [2.45, 2.75) is 9.79 Å². The van der Waals surface area contributed by atoms with Gasteiger partial charge in [-0.15, -0.1) is 23.5 Å². The lowest BCUT2D eigenvalue weighted by Gasteiger charge is -2.05. The van der Waals surface area contributed by atoms with E-state index in [0.717, 1.165) is 27.1 Å². The zero-order chi connectivity index (χ0) is 12.8. The summed E-state index contributed by atoms with van der Waals surface area (Å²) in [7, 11) is 0. The number of nitrogen functional groups attached to an aromatic ring is 1. The van der Waals surface area contributed by atoms with Crippen LogP contribution < -0.4 is 5.73 Å². The summed E-state index contributed by atoms with van der Waals surface area (Å²) in [5, 5.41) is 0.777. The molecule has 0 heterocycles. The first-order chi connectivity index (χ1) is 8.75. The van der Waals surface area contributed by atoms with Gasteiger partial charge in [0, 0.05) is 27.0 Å². The van der Waals surface area contributed by atoms with E-state index in [4.69, 9.17) is 17.3 Å². The van der Waals surface area contributed by atoms with Gasteiger partial charge in [-0.25, -0.2) is 0 Å². The van der Waals surface area contributed by atoms with E-state index in [1.807, 2.05) is 36.0 Å². The zero-order valence-corrected chi connectivity index (χ0v) is 12.2. The summed E-state index contributed by atoms with van der Waals surface area (Å²) in [6, 6.07) is 16.0. The van der Waals surface area contributed by atoms with Crippen molar-refractivity contribution in [2.75, 3.05) is 17.2 Å². The maximum Gasteiger partial charge on any atom is 0.0543 e. The van der Waals surface area contributed by atoms with Gasteiger partial charge in [-0.3, -0.25) is 0 Å². The summed E-state index contributed by atoms with van der Waals surface area (Å²) in [4.78, 5) is 2.36. The van der Waals surface area contributed by atoms with E-state index in [1.54, 1.807) is 11.8 Å². The molecule has 0 saturated carbocycles. The highest BCUT2D eigenvalue weighted by Crippen LogP contribution is 2.30. The molecule has 0 radical (unpaired) electrons. The van der Waals surface area contributed by atoms with E-state index in [2.05, 4.69) is 24.3 Å². The molecule has 0 spiro atoms. The minimum Gasteiger partial charge on any atom is -0.399 e. The molecule has 0 aliphatic heterocycles. The van der Waals surface area contributed by atoms with Crippen molar-refractivity contribution in [2.24, 2.45) is 0 Å². The third-order valence-electron chi connectivity index (χ3n) is 2.31. The maximum absolute atomic E-state index is 6.11. The van der Waals surface area contributed by atoms with Crippen LogP contribution in [0, 0.1) is 0 Å². The molecule has 2 aromatic rings. The highest BCUT2D eigenvalue weighted by Gasteiger charge is 2.01. The molecule has 4 heteroatoms. The molecule has 18 heavy (non-hydrogen) atoms. The molecule has 0 saturated heterocycles. The minimum atomic E-state index is 0.762. The Kier molecular flexibility index (Phi) is 5.29. The quantitative estimate of drug-likeness (QED) is 0.487. The van der Waals surface area contributed by atoms with Crippen molar-refractivity contribution >= 4 is 40.8 Å². The van der Waals surface area contributed by atoms with Crippen molar-refractivity contribution < 1.29 is 0 Å². The van der Waals surface area contributed by atoms with Crippen LogP contribution in [0.3, 0.4) is 0 Å². The van der Waals surface area contributed by atoms with E-state index < -0.39 is 0 Å². The summed E-state index contributed by atoms with van der Waals surface area (Å²) in [6.45, 7) is 0. The fraction of sp³-hybridized carbons (Fsp3) is 0.143. The van der Waals surface area contributed by atoms with Crippen LogP contribution in [0.25, 0.3) is 0 Å². The van der Waals surface area contributed by atoms with Gasteiger partial charge in [0.15, 0.2) is 0 Å². The molecule has 0 fully saturated rings. The second-order valence-electron chi connectivity index (χ2n) is 3.70. The molecule has 2 N–H and O–H groups in total. The summed E-state index contributed by atoms with van der Waals surface area (Å²) in [5.41, 5.74) is 6.51. The second kappa shape index (κ2) is 6.98. The molecule has 0 amide bonds. The van der Waals surface area contributed by atoms with E-state index >= 15 is 0 Å². The van der Waals surface area contributed by atoms with Crippen molar-refractivity contribution in [3.8, 4) is 0 Å². The van der Waals surface area contributed by atoms with Gasteiger partial charge in [-0.2, -0.15) is 0 Å². The van der Waals surface area contributed by atoms with Crippen LogP contribution in [0.15, 0.2) is 58.3 Å². The second-order valence-corrected chi connectivity index (χ2v) is 6.41. The van der Waals surface area contributed by atoms with Gasteiger partial charge in [-0.05, 0) is 30.3 Å². The smallest absolute Gasteiger partial charge is 0.0543 e. The molecule has 0 aliphatic rings. The Balaban J connectivity index is 1.80. The largest absolute Gasteiger partial charge is 0.399 e. The fourth-order valence-corrected chi connectivity index (χ4v) is 3.64. The monoisotopic (exact) mass is 295 g/mol. The van der Waals surface area contributed by atoms with Crippen LogP contribution in [0.4, 0.5) is 5.69 Å². The van der Waals surface area contributed by atoms with Gasteiger partial charge in [-0.1, -0.05) is 29.8 Å². The third-order valence-corrected chi connectivity index (χ3v) is 5.08. The van der Waals surface area contributed by atoms with E-state index in [9.17, 15) is 0 Å². The van der Waals surface area contributed by atoms with Crippen molar-refractivity contribution in [3.63, 3.8) is 0 Å². The number of rotatable bonds is 5. The molecular weight excluding hydrogens is 282 g/mol. The highest BCUT2D eigenvalue weighted by atomic mass is 35.5. The normalized spacial score (nSPS) is 10.5. The lowest BCUT2D eigenvalue weighted by molar-refractivity contribution is 1.41. The molecule has 1 nitrogen and oxygen atoms in total. The Labute approximate surface area is 121 Å². The van der Waals surface area contributed by atoms with Crippen molar-refractivity contribution in [1.29, 1.82) is 0 Å². The number of halogens is 1. The predicted molar refractivity (Wildman–Crippen MR) is 83.8 cm³/mol. The first kappa shape index (κ1) is 13.7. The molecule has 0 unspecified atom stereocenters. The first-order valence-electron chi connectivity index (χ1n) is 5.61. The molecule has 94 valence electrons. The number of hydrogen-bond donors (Lipinski definition) is 1. The van der Waals surface area contributed by atoms with E-state index in [-0.39, 0.29) is 0 Å². The summed E-state index contributed by atoms with van der Waals surface area (Å²) >= 11 is 9.71. The number of hydrogen-bond acceptors (Lipinski definition) is 3. The summed E-state index contributed by atoms with van der Waals surface area (Å²) in [5.74, 6) is 2.07. The Hall–Kier alpha value is -0.770. The summed E-state index contributed by atoms with van der Waals surface area (Å²) < 4.78 is 0. The minimum absolute atomic E-state index is 0.762. The van der Waals surface area contributed by atoms with Crippen molar-refractivity contribution in [1.82, 2.24) is 0 Å². The van der Waals surface area contributed by atoms with Crippen LogP contribution in [0.5, 0.6) is 0 Å². The molecule has 0 bridgehead atoms. The molecule has 0 aromatic heterocycles. The lowest BCUT2D eigenvalue weighted by atomic mass is 10.3. The van der Waals surface area contributed by atoms with Gasteiger partial charge in [0.05, 0.1) is 5.02 Å². The average Bonchev–Trinajstić information content (AvgIpc) is 2.40. The van der Waals surface area contributed by atoms with E-state index in [0.29, 0.717) is 0 Å². The van der Waals surface area contributed by atoms with Crippen LogP contribution >= 0.6 is 35.1 Å². The summed E-state index contributed by atoms with van der Waals surface area (Å²) in [6.07, 6.45) is 0. The predicted octanol–water partition coefficient (Wildman–Crippen LogP) is 4.81. The Morgan fingerprint density at radius 1 is 0.944 bits per heavy atom. The Bertz CT molecular complexity index is 502. The topological polar surface area (TPSA) is 26.0 Å². The Morgan fingerprint density at radius 3 is 2.44 bits per heavy atom. The van der Waals surface area contributed by atoms with Crippen LogP contribution in [0.1, 0.15) is 0 Å². The number of thioether (sulfide) groups is 2. The van der Waals surface area contributed by atoms with Crippen LogP contribution in [-0.4, -0.2) is 11.5 Å². The standard InChI is InChI=1S/C14H14ClNS2/c15-13-7-6-11(16)10-14(13)18-9-8-17-12-4-2-1-3-5-12/h1-7,10H,8-9,16H2. The lowest BCUT2D eigenvalue weighted by Crippen LogP contribution is -1.88. The van der Waals surface area contributed by atoms with Gasteiger partial charge >= 0.3 is 0 Å². The van der Waals surface area contributed by atoms with Gasteiger partial charge in [0.25, 0.3) is 0 Å². The SMILES string of the molecule is Nc1ccc(Cl)c(SCCSc2ccccc2)c1. The zero-order valence-electron chi connectivity index (χ0n) is 9.80. The fourth-order valence-electron chi connectivity index (χ4n) is 1.46. The van der Waals surface area contributed by atoms with Crippen LogP contribution in [0.2, 0.25) is 5.02 Å². The average molecular weight is 296 g/mol. The number of anilines is 1. The van der Waals surface area contributed by atoms with Gasteiger partial charge in [0.1, 0.15) is 0 Å². The molecule has 0 aliphatic carbocycles. The molecule has 2 rings (SSSR count). The number of nitrogens with two attached hydrogens (primary N) is 1. The van der Waals surface area contributed by atoms with Gasteiger partial charge in [0.2, 0.25) is 0 Å². The first-order valence-corrected chi connectivity index (χ1v) is 7.96. The van der Waals surface area contributed by atoms with E-state index in [1.165, 1.54) is 4.90 Å². The molecule has 0 atom stereocenters. The third kappa shape index (κ3) is 4.16. The van der Waals surface area contributed by atoms with Crippen LogP contribution in [-0.2, 0) is 0 Å². The molecular formula is C14H14ClNS2. The van der Waals surface area contributed by atoms with Crippen molar-refractivity contribution in [3.05, 3.63) is 53.6 Å².